The van der Waals surface area contributed by atoms with Crippen molar-refractivity contribution in [1.29, 1.82) is 0 Å². The Morgan fingerprint density at radius 1 is 1.20 bits per heavy atom. The molecule has 3 amide bonds. The molecular weight excluding hydrogens is 543 g/mol. The minimum atomic E-state index is -0.698. The van der Waals surface area contributed by atoms with Crippen molar-refractivity contribution in [1.82, 2.24) is 10.2 Å². The van der Waals surface area contributed by atoms with Crippen molar-refractivity contribution in [2.75, 3.05) is 13.7 Å². The number of carbonyl (C=O) groups is 3. The predicted octanol–water partition coefficient (Wildman–Crippen LogP) is 4.51. The molecule has 0 unspecified atom stereocenters. The Kier molecular flexibility index (Phi) is 7.17. The summed E-state index contributed by atoms with van der Waals surface area (Å²) in [5.41, 5.74) is 1.55. The number of rotatable bonds is 6. The number of nitrogens with one attached hydrogen (secondary N) is 1. The van der Waals surface area contributed by atoms with Crippen LogP contribution in [0.2, 0.25) is 5.02 Å². The summed E-state index contributed by atoms with van der Waals surface area (Å²) < 4.78 is 11.9. The van der Waals surface area contributed by atoms with Gasteiger partial charge in [0.15, 0.2) is 5.75 Å². The number of methoxy groups -OCH3 is 1. The van der Waals surface area contributed by atoms with E-state index in [0.29, 0.717) is 27.4 Å². The van der Waals surface area contributed by atoms with E-state index >= 15 is 0 Å². The van der Waals surface area contributed by atoms with Crippen molar-refractivity contribution in [3.05, 3.63) is 67.2 Å². The first kappa shape index (κ1) is 22.3. The van der Waals surface area contributed by atoms with Crippen LogP contribution in [-0.2, 0) is 20.9 Å². The third-order valence-corrected chi connectivity index (χ3v) is 5.50. The first-order chi connectivity index (χ1) is 14.3. The molecule has 0 aromatic heterocycles. The minimum Gasteiger partial charge on any atom is -0.486 e. The van der Waals surface area contributed by atoms with Gasteiger partial charge in [-0.1, -0.05) is 39.7 Å². The predicted molar refractivity (Wildman–Crippen MR) is 118 cm³/mol. The highest BCUT2D eigenvalue weighted by Gasteiger charge is 2.35. The second-order valence-corrected chi connectivity index (χ2v) is 8.36. The number of halogens is 3. The molecule has 1 saturated heterocycles. The molecule has 1 heterocycles. The normalized spacial score (nSPS) is 14.8. The molecule has 0 radical (unpaired) electrons. The third kappa shape index (κ3) is 5.21. The van der Waals surface area contributed by atoms with Crippen molar-refractivity contribution in [3.8, 4) is 5.75 Å². The highest BCUT2D eigenvalue weighted by molar-refractivity contribution is 9.10. The fourth-order valence-electron chi connectivity index (χ4n) is 2.61. The van der Waals surface area contributed by atoms with Crippen LogP contribution in [0.15, 0.2) is 51.0 Å². The number of urea groups is 1. The van der Waals surface area contributed by atoms with Crippen molar-refractivity contribution in [3.63, 3.8) is 0 Å². The average molecular weight is 559 g/mol. The first-order valence-corrected chi connectivity index (χ1v) is 10.5. The second-order valence-electron chi connectivity index (χ2n) is 6.18. The zero-order valence-electron chi connectivity index (χ0n) is 15.6. The van der Waals surface area contributed by atoms with Crippen molar-refractivity contribution < 1.29 is 23.9 Å². The van der Waals surface area contributed by atoms with E-state index in [9.17, 15) is 14.4 Å². The van der Waals surface area contributed by atoms with Crippen LogP contribution >= 0.6 is 43.5 Å². The van der Waals surface area contributed by atoms with E-state index in [1.807, 2.05) is 24.3 Å². The van der Waals surface area contributed by atoms with E-state index in [2.05, 4.69) is 41.9 Å². The Balaban J connectivity index is 1.76. The van der Waals surface area contributed by atoms with E-state index in [0.717, 1.165) is 14.9 Å². The highest BCUT2D eigenvalue weighted by Crippen LogP contribution is 2.36. The molecular formula is C20H15Br2ClN2O5. The number of esters is 1. The molecule has 0 aliphatic carbocycles. The molecule has 1 aliphatic rings. The van der Waals surface area contributed by atoms with E-state index in [1.54, 1.807) is 12.1 Å². The standard InChI is InChI=1S/C20H15Br2ClN2O5/c1-29-17(26)9-25-19(27)16(24-20(25)28)8-12-6-14(22)18(15(23)7-12)30-10-11-2-4-13(21)5-3-11/h2-8H,9-10H2,1H3,(H,24,28)/b16-8+. The molecule has 30 heavy (non-hydrogen) atoms. The monoisotopic (exact) mass is 556 g/mol. The number of benzene rings is 2. The molecule has 1 fully saturated rings. The molecule has 0 bridgehead atoms. The summed E-state index contributed by atoms with van der Waals surface area (Å²) in [6, 6.07) is 10.3. The number of hydrogen-bond donors (Lipinski definition) is 1. The Bertz CT molecular complexity index is 1020. The van der Waals surface area contributed by atoms with Gasteiger partial charge in [-0.15, -0.1) is 0 Å². The van der Waals surface area contributed by atoms with Gasteiger partial charge in [-0.3, -0.25) is 9.59 Å². The molecule has 156 valence electrons. The molecule has 7 nitrogen and oxygen atoms in total. The maximum Gasteiger partial charge on any atom is 0.329 e. The summed E-state index contributed by atoms with van der Waals surface area (Å²) in [5.74, 6) is -0.873. The number of amides is 3. The van der Waals surface area contributed by atoms with Gasteiger partial charge in [0.2, 0.25) is 0 Å². The van der Waals surface area contributed by atoms with Gasteiger partial charge in [-0.05, 0) is 57.4 Å². The van der Waals surface area contributed by atoms with Crippen LogP contribution in [0.3, 0.4) is 0 Å². The van der Waals surface area contributed by atoms with Crippen LogP contribution in [0.4, 0.5) is 4.79 Å². The van der Waals surface area contributed by atoms with Crippen LogP contribution in [0, 0.1) is 0 Å². The Morgan fingerprint density at radius 2 is 1.90 bits per heavy atom. The molecule has 0 atom stereocenters. The van der Waals surface area contributed by atoms with Gasteiger partial charge >= 0.3 is 12.0 Å². The SMILES string of the molecule is COC(=O)CN1C(=O)N/C(=C/c2cc(Cl)c(OCc3ccc(Br)cc3)c(Br)c2)C1=O. The molecule has 2 aromatic rings. The summed E-state index contributed by atoms with van der Waals surface area (Å²) in [5, 5.41) is 2.76. The second kappa shape index (κ2) is 9.63. The van der Waals surface area contributed by atoms with E-state index < -0.39 is 24.5 Å². The number of ether oxygens (including phenoxy) is 2. The quantitative estimate of drug-likeness (QED) is 0.321. The number of carbonyl (C=O) groups excluding carboxylic acids is 3. The third-order valence-electron chi connectivity index (χ3n) is 4.11. The van der Waals surface area contributed by atoms with E-state index in [4.69, 9.17) is 16.3 Å². The zero-order valence-corrected chi connectivity index (χ0v) is 19.5. The summed E-state index contributed by atoms with van der Waals surface area (Å²) in [4.78, 5) is 36.5. The summed E-state index contributed by atoms with van der Waals surface area (Å²) in [6.45, 7) is -0.144. The van der Waals surface area contributed by atoms with Crippen molar-refractivity contribution in [2.45, 2.75) is 6.61 Å². The molecule has 3 rings (SSSR count). The highest BCUT2D eigenvalue weighted by atomic mass is 79.9. The fourth-order valence-corrected chi connectivity index (χ4v) is 3.87. The van der Waals surface area contributed by atoms with Crippen molar-refractivity contribution >= 4 is 67.4 Å². The lowest BCUT2D eigenvalue weighted by atomic mass is 10.1. The van der Waals surface area contributed by atoms with Crippen LogP contribution in [0.5, 0.6) is 5.75 Å². The molecule has 1 N–H and O–H groups in total. The van der Waals surface area contributed by atoms with Gasteiger partial charge in [-0.25, -0.2) is 9.69 Å². The molecule has 0 spiro atoms. The molecule has 1 aliphatic heterocycles. The Labute approximate surface area is 194 Å². The molecule has 2 aromatic carbocycles. The van der Waals surface area contributed by atoms with Crippen LogP contribution in [0.25, 0.3) is 6.08 Å². The van der Waals surface area contributed by atoms with E-state index in [1.165, 1.54) is 13.2 Å². The number of hydrogen-bond acceptors (Lipinski definition) is 5. The maximum absolute atomic E-state index is 12.4. The van der Waals surface area contributed by atoms with Crippen molar-refractivity contribution in [2.24, 2.45) is 0 Å². The smallest absolute Gasteiger partial charge is 0.329 e. The van der Waals surface area contributed by atoms with Crippen LogP contribution in [0.1, 0.15) is 11.1 Å². The van der Waals surface area contributed by atoms with E-state index in [-0.39, 0.29) is 5.70 Å². The van der Waals surface area contributed by atoms with Crippen LogP contribution in [-0.4, -0.2) is 36.5 Å². The molecule has 0 saturated carbocycles. The number of imide groups is 1. The van der Waals surface area contributed by atoms with Gasteiger partial charge in [0.1, 0.15) is 18.8 Å². The lowest BCUT2D eigenvalue weighted by Crippen LogP contribution is -2.36. The zero-order chi connectivity index (χ0) is 21.8. The Hall–Kier alpha value is -2.36. The van der Waals surface area contributed by atoms with Gasteiger partial charge in [0, 0.05) is 4.47 Å². The van der Waals surface area contributed by atoms with Crippen LogP contribution < -0.4 is 10.1 Å². The lowest BCUT2D eigenvalue weighted by molar-refractivity contribution is -0.143. The maximum atomic E-state index is 12.4. The lowest BCUT2D eigenvalue weighted by Gasteiger charge is -2.11. The number of nitrogens with zero attached hydrogens (tertiary/aromatic N) is 1. The summed E-state index contributed by atoms with van der Waals surface area (Å²) in [6.07, 6.45) is 1.46. The largest absolute Gasteiger partial charge is 0.486 e. The molecule has 10 heteroatoms. The summed E-state index contributed by atoms with van der Waals surface area (Å²) in [7, 11) is 1.18. The Morgan fingerprint density at radius 3 is 2.53 bits per heavy atom. The fraction of sp³-hybridized carbons (Fsp3) is 0.150. The average Bonchev–Trinajstić information content (AvgIpc) is 2.96. The topological polar surface area (TPSA) is 84.9 Å². The minimum absolute atomic E-state index is 0.0235. The summed E-state index contributed by atoms with van der Waals surface area (Å²) >= 11 is 13.2. The van der Waals surface area contributed by atoms with Gasteiger partial charge in [0.05, 0.1) is 16.6 Å². The van der Waals surface area contributed by atoms with Gasteiger partial charge in [-0.2, -0.15) is 0 Å². The van der Waals surface area contributed by atoms with Gasteiger partial charge < -0.3 is 14.8 Å². The first-order valence-electron chi connectivity index (χ1n) is 8.56. The van der Waals surface area contributed by atoms with Gasteiger partial charge in [0.25, 0.3) is 5.91 Å².